The molecule has 2 aromatic carbocycles. The van der Waals surface area contributed by atoms with Crippen LogP contribution in [0.25, 0.3) is 10.8 Å². The second-order valence-corrected chi connectivity index (χ2v) is 6.55. The van der Waals surface area contributed by atoms with Crippen LogP contribution in [0.1, 0.15) is 23.8 Å². The summed E-state index contributed by atoms with van der Waals surface area (Å²) in [6.07, 6.45) is 0.683. The maximum absolute atomic E-state index is 12.6. The molecule has 9 heteroatoms. The van der Waals surface area contributed by atoms with Gasteiger partial charge in [0, 0.05) is 11.9 Å². The van der Waals surface area contributed by atoms with E-state index in [-0.39, 0.29) is 17.9 Å². The zero-order valence-corrected chi connectivity index (χ0v) is 16.4. The topological polar surface area (TPSA) is 102 Å². The van der Waals surface area contributed by atoms with Gasteiger partial charge in [0.15, 0.2) is 12.3 Å². The van der Waals surface area contributed by atoms with Crippen LogP contribution in [0.15, 0.2) is 53.3 Å². The molecule has 0 fully saturated rings. The molecule has 150 valence electrons. The predicted octanol–water partition coefficient (Wildman–Crippen LogP) is 2.30. The van der Waals surface area contributed by atoms with Crippen molar-refractivity contribution >= 4 is 34.2 Å². The molecule has 2 N–H and O–H groups in total. The first-order chi connectivity index (χ1) is 14.0. The fourth-order valence-electron chi connectivity index (χ4n) is 2.69. The van der Waals surface area contributed by atoms with Gasteiger partial charge >= 0.3 is 0 Å². The van der Waals surface area contributed by atoms with Crippen molar-refractivity contribution in [1.82, 2.24) is 20.6 Å². The summed E-state index contributed by atoms with van der Waals surface area (Å²) in [5, 5.41) is 5.33. The van der Waals surface area contributed by atoms with Crippen LogP contribution in [-0.2, 0) is 11.3 Å². The number of hydrogen-bond acceptors (Lipinski definition) is 5. The van der Waals surface area contributed by atoms with Crippen LogP contribution in [0.2, 0.25) is 5.02 Å². The Morgan fingerprint density at radius 1 is 1.07 bits per heavy atom. The Bertz CT molecular complexity index is 1110. The van der Waals surface area contributed by atoms with Crippen molar-refractivity contribution in [2.24, 2.45) is 0 Å². The molecule has 2 amide bonds. The molecular formula is C20H19ClN4O4. The second kappa shape index (κ2) is 9.20. The normalized spacial score (nSPS) is 10.6. The summed E-state index contributed by atoms with van der Waals surface area (Å²) in [5.41, 5.74) is 4.34. The number of aryl methyl sites for hydroxylation is 1. The lowest BCUT2D eigenvalue weighted by Crippen LogP contribution is -2.44. The van der Waals surface area contributed by atoms with E-state index in [4.69, 9.17) is 16.3 Å². The number of nitrogens with zero attached hydrogens (tertiary/aromatic N) is 2. The van der Waals surface area contributed by atoms with Gasteiger partial charge in [-0.3, -0.25) is 25.2 Å². The first kappa shape index (κ1) is 20.3. The highest BCUT2D eigenvalue weighted by Gasteiger charge is 2.17. The third kappa shape index (κ3) is 4.72. The summed E-state index contributed by atoms with van der Waals surface area (Å²) < 4.78 is 6.57. The van der Waals surface area contributed by atoms with Gasteiger partial charge in [-0.25, -0.2) is 4.68 Å². The molecule has 0 unspecified atom stereocenters. The second-order valence-electron chi connectivity index (χ2n) is 6.14. The van der Waals surface area contributed by atoms with E-state index in [0.29, 0.717) is 34.5 Å². The van der Waals surface area contributed by atoms with E-state index in [1.165, 1.54) is 4.68 Å². The minimum atomic E-state index is -0.642. The summed E-state index contributed by atoms with van der Waals surface area (Å²) in [5.74, 6) is -0.864. The minimum Gasteiger partial charge on any atom is -0.482 e. The van der Waals surface area contributed by atoms with Crippen LogP contribution in [-0.4, -0.2) is 28.2 Å². The molecule has 0 aliphatic heterocycles. The van der Waals surface area contributed by atoms with Crippen LogP contribution < -0.4 is 21.1 Å². The first-order valence-electron chi connectivity index (χ1n) is 8.97. The molecule has 1 heterocycles. The monoisotopic (exact) mass is 414 g/mol. The summed E-state index contributed by atoms with van der Waals surface area (Å²) in [4.78, 5) is 37.1. The number of carbonyl (C=O) groups excluding carboxylic acids is 2. The van der Waals surface area contributed by atoms with Crippen LogP contribution >= 0.6 is 11.6 Å². The van der Waals surface area contributed by atoms with E-state index in [1.807, 2.05) is 6.92 Å². The molecule has 0 aliphatic carbocycles. The molecule has 0 spiro atoms. The highest BCUT2D eigenvalue weighted by Crippen LogP contribution is 2.22. The molecule has 0 radical (unpaired) electrons. The fourth-order valence-corrected chi connectivity index (χ4v) is 2.88. The maximum Gasteiger partial charge on any atom is 0.290 e. The molecule has 0 aliphatic rings. The van der Waals surface area contributed by atoms with Gasteiger partial charge in [0.2, 0.25) is 0 Å². The summed E-state index contributed by atoms with van der Waals surface area (Å²) >= 11 is 5.96. The zero-order valence-electron chi connectivity index (χ0n) is 15.6. The Balaban J connectivity index is 1.71. The van der Waals surface area contributed by atoms with Crippen molar-refractivity contribution in [3.8, 4) is 5.75 Å². The number of rotatable bonds is 6. The van der Waals surface area contributed by atoms with E-state index in [0.717, 1.165) is 0 Å². The van der Waals surface area contributed by atoms with Gasteiger partial charge in [0.25, 0.3) is 17.4 Å². The van der Waals surface area contributed by atoms with E-state index < -0.39 is 11.8 Å². The third-order valence-electron chi connectivity index (χ3n) is 4.03. The maximum atomic E-state index is 12.6. The number of benzene rings is 2. The van der Waals surface area contributed by atoms with Crippen LogP contribution in [0.3, 0.4) is 0 Å². The Morgan fingerprint density at radius 2 is 1.76 bits per heavy atom. The van der Waals surface area contributed by atoms with E-state index in [1.54, 1.807) is 48.5 Å². The quantitative estimate of drug-likeness (QED) is 0.602. The number of fused-ring (bicyclic) bond motifs is 1. The molecule has 29 heavy (non-hydrogen) atoms. The fraction of sp³-hybridized carbons (Fsp3) is 0.200. The lowest BCUT2D eigenvalue weighted by molar-refractivity contribution is -0.123. The molecule has 8 nitrogen and oxygen atoms in total. The van der Waals surface area contributed by atoms with Crippen LogP contribution in [0.5, 0.6) is 5.75 Å². The number of halogens is 1. The number of ether oxygens (including phenoxy) is 1. The lowest BCUT2D eigenvalue weighted by atomic mass is 10.1. The Morgan fingerprint density at radius 3 is 2.48 bits per heavy atom. The van der Waals surface area contributed by atoms with Crippen molar-refractivity contribution in [3.05, 3.63) is 69.6 Å². The van der Waals surface area contributed by atoms with Crippen LogP contribution in [0, 0.1) is 0 Å². The van der Waals surface area contributed by atoms with Gasteiger partial charge in [-0.2, -0.15) is 5.10 Å². The van der Waals surface area contributed by atoms with Gasteiger partial charge in [-0.1, -0.05) is 48.9 Å². The zero-order chi connectivity index (χ0) is 20.8. The SMILES string of the molecule is CCCn1nc(C(=O)NNC(=O)COc2ccccc2Cl)c2ccccc2c1=O. The van der Waals surface area contributed by atoms with Crippen molar-refractivity contribution in [2.45, 2.75) is 19.9 Å². The van der Waals surface area contributed by atoms with Gasteiger partial charge in [-0.05, 0) is 24.6 Å². The largest absolute Gasteiger partial charge is 0.482 e. The van der Waals surface area contributed by atoms with Crippen LogP contribution in [0.4, 0.5) is 0 Å². The summed E-state index contributed by atoms with van der Waals surface area (Å²) in [6.45, 7) is 1.94. The Kier molecular flexibility index (Phi) is 6.46. The number of para-hydroxylation sites is 1. The molecule has 0 bridgehead atoms. The standard InChI is InChI=1S/C20H19ClN4O4/c1-2-11-25-20(28)14-8-4-3-7-13(14)18(24-25)19(27)23-22-17(26)12-29-16-10-6-5-9-15(16)21/h3-10H,2,11-12H2,1H3,(H,22,26)(H,23,27). The number of carbonyl (C=O) groups is 2. The van der Waals surface area contributed by atoms with E-state index >= 15 is 0 Å². The van der Waals surface area contributed by atoms with Crippen molar-refractivity contribution in [3.63, 3.8) is 0 Å². The number of hydrazine groups is 1. The lowest BCUT2D eigenvalue weighted by Gasteiger charge is -2.12. The van der Waals surface area contributed by atoms with E-state index in [9.17, 15) is 14.4 Å². The van der Waals surface area contributed by atoms with Gasteiger partial charge in [-0.15, -0.1) is 0 Å². The number of hydrogen-bond donors (Lipinski definition) is 2. The average Bonchev–Trinajstić information content (AvgIpc) is 2.73. The summed E-state index contributed by atoms with van der Waals surface area (Å²) in [6, 6.07) is 13.4. The highest BCUT2D eigenvalue weighted by molar-refractivity contribution is 6.32. The van der Waals surface area contributed by atoms with Crippen molar-refractivity contribution < 1.29 is 14.3 Å². The Hall–Kier alpha value is -3.39. The molecular weight excluding hydrogens is 396 g/mol. The summed E-state index contributed by atoms with van der Waals surface area (Å²) in [7, 11) is 0. The van der Waals surface area contributed by atoms with Gasteiger partial charge < -0.3 is 4.74 Å². The number of aromatic nitrogens is 2. The molecule has 0 atom stereocenters. The smallest absolute Gasteiger partial charge is 0.290 e. The van der Waals surface area contributed by atoms with E-state index in [2.05, 4.69) is 16.0 Å². The van der Waals surface area contributed by atoms with Gasteiger partial charge in [0.1, 0.15) is 5.75 Å². The predicted molar refractivity (Wildman–Crippen MR) is 109 cm³/mol. The molecule has 1 aromatic heterocycles. The minimum absolute atomic E-state index is 0.0426. The number of amides is 2. The number of nitrogens with one attached hydrogen (secondary N) is 2. The molecule has 0 saturated carbocycles. The van der Waals surface area contributed by atoms with Crippen molar-refractivity contribution in [1.29, 1.82) is 0 Å². The average molecular weight is 415 g/mol. The molecule has 0 saturated heterocycles. The molecule has 3 rings (SSSR count). The van der Waals surface area contributed by atoms with Crippen molar-refractivity contribution in [2.75, 3.05) is 6.61 Å². The van der Waals surface area contributed by atoms with Gasteiger partial charge in [0.05, 0.1) is 10.4 Å². The Labute approximate surface area is 171 Å². The molecule has 3 aromatic rings. The first-order valence-corrected chi connectivity index (χ1v) is 9.35. The highest BCUT2D eigenvalue weighted by atomic mass is 35.5. The third-order valence-corrected chi connectivity index (χ3v) is 4.34.